The molecule has 1 aliphatic carbocycles. The van der Waals surface area contributed by atoms with Crippen molar-refractivity contribution in [3.05, 3.63) is 16.9 Å². The second kappa shape index (κ2) is 7.67. The van der Waals surface area contributed by atoms with Gasteiger partial charge in [0.1, 0.15) is 10.7 Å². The molecule has 2 aromatic rings. The Kier molecular flexibility index (Phi) is 5.24. The molecule has 2 bridgehead atoms. The zero-order valence-corrected chi connectivity index (χ0v) is 16.2. The highest BCUT2D eigenvalue weighted by Crippen LogP contribution is 2.40. The molecule has 8 nitrogen and oxygen atoms in total. The highest BCUT2D eigenvalue weighted by atomic mass is 35.5. The van der Waals surface area contributed by atoms with Crippen LogP contribution in [-0.4, -0.2) is 45.1 Å². The molecule has 2 aliphatic rings. The summed E-state index contributed by atoms with van der Waals surface area (Å²) < 4.78 is 37.0. The number of alkyl halides is 2. The van der Waals surface area contributed by atoms with E-state index in [-0.39, 0.29) is 12.1 Å². The van der Waals surface area contributed by atoms with Crippen LogP contribution in [0.1, 0.15) is 37.9 Å². The zero-order valence-electron chi connectivity index (χ0n) is 15.5. The number of anilines is 3. The topological polar surface area (TPSA) is 86.1 Å². The lowest BCUT2D eigenvalue weighted by atomic mass is 9.89. The molecule has 11 heteroatoms. The fourth-order valence-corrected chi connectivity index (χ4v) is 3.51. The van der Waals surface area contributed by atoms with Crippen molar-refractivity contribution in [3.8, 4) is 5.88 Å². The van der Waals surface area contributed by atoms with Gasteiger partial charge in [-0.1, -0.05) is 11.6 Å². The van der Waals surface area contributed by atoms with Crippen LogP contribution in [0, 0.1) is 6.92 Å². The standard InChI is InChI=1S/C17H21ClF2N6O2/c1-8-3-4-27-15-13(23-17-21-7-12(18)14(22-8)24-17)9(2)26(25-15)10-5-11(6-10)28-16(19)20/h7-8,10-11,16H,3-6H2,1-2H3,(H2,21,22,23,24)/t8-,10?,11?/m1/s1. The molecule has 0 spiro atoms. The van der Waals surface area contributed by atoms with Gasteiger partial charge in [0.15, 0.2) is 5.82 Å². The largest absolute Gasteiger partial charge is 0.475 e. The van der Waals surface area contributed by atoms with Crippen LogP contribution in [0.15, 0.2) is 6.20 Å². The fourth-order valence-electron chi connectivity index (χ4n) is 3.37. The van der Waals surface area contributed by atoms with E-state index in [1.54, 1.807) is 4.68 Å². The number of hydrogen-bond donors (Lipinski definition) is 2. The summed E-state index contributed by atoms with van der Waals surface area (Å²) in [7, 11) is 0. The molecule has 1 fully saturated rings. The average Bonchev–Trinajstić information content (AvgIpc) is 2.88. The van der Waals surface area contributed by atoms with Crippen molar-refractivity contribution >= 4 is 29.1 Å². The van der Waals surface area contributed by atoms with E-state index >= 15 is 0 Å². The van der Waals surface area contributed by atoms with Crippen molar-refractivity contribution in [3.63, 3.8) is 0 Å². The van der Waals surface area contributed by atoms with Crippen molar-refractivity contribution in [2.75, 3.05) is 17.2 Å². The molecule has 0 unspecified atom stereocenters. The molecule has 4 rings (SSSR count). The SMILES string of the molecule is Cc1c2c(nn1C1CC(OC(F)F)C1)OCC[C@@H](C)Nc1nc(ncc1Cl)N2. The van der Waals surface area contributed by atoms with Crippen LogP contribution in [0.4, 0.5) is 26.2 Å². The molecule has 2 aromatic heterocycles. The predicted molar refractivity (Wildman–Crippen MR) is 99.6 cm³/mol. The van der Waals surface area contributed by atoms with Crippen molar-refractivity contribution in [2.45, 2.75) is 57.9 Å². The van der Waals surface area contributed by atoms with Gasteiger partial charge in [0.2, 0.25) is 5.95 Å². The number of nitrogens with zero attached hydrogens (tertiary/aromatic N) is 4. The van der Waals surface area contributed by atoms with Gasteiger partial charge in [0.05, 0.1) is 30.6 Å². The van der Waals surface area contributed by atoms with E-state index in [0.29, 0.717) is 47.8 Å². The summed E-state index contributed by atoms with van der Waals surface area (Å²) >= 11 is 6.18. The summed E-state index contributed by atoms with van der Waals surface area (Å²) in [6.07, 6.45) is 2.76. The maximum Gasteiger partial charge on any atom is 0.345 e. The smallest absolute Gasteiger partial charge is 0.345 e. The summed E-state index contributed by atoms with van der Waals surface area (Å²) in [5.74, 6) is 1.34. The Hall–Kier alpha value is -2.20. The molecule has 1 atom stereocenters. The van der Waals surface area contributed by atoms with Gasteiger partial charge in [-0.25, -0.2) is 4.98 Å². The predicted octanol–water partition coefficient (Wildman–Crippen LogP) is 3.90. The summed E-state index contributed by atoms with van der Waals surface area (Å²) in [6, 6.07) is 0.0701. The quantitative estimate of drug-likeness (QED) is 0.787. The highest BCUT2D eigenvalue weighted by Gasteiger charge is 2.36. The van der Waals surface area contributed by atoms with Gasteiger partial charge in [-0.15, -0.1) is 5.10 Å². The molecule has 0 aromatic carbocycles. The minimum atomic E-state index is -2.75. The number of hydrogen-bond acceptors (Lipinski definition) is 7. The summed E-state index contributed by atoms with van der Waals surface area (Å²) in [4.78, 5) is 8.66. The Morgan fingerprint density at radius 2 is 2.18 bits per heavy atom. The Morgan fingerprint density at radius 1 is 1.39 bits per heavy atom. The van der Waals surface area contributed by atoms with Crippen LogP contribution in [0.5, 0.6) is 5.88 Å². The number of aromatic nitrogens is 4. The lowest BCUT2D eigenvalue weighted by Gasteiger charge is -2.35. The van der Waals surface area contributed by atoms with Gasteiger partial charge in [0.25, 0.3) is 5.88 Å². The van der Waals surface area contributed by atoms with Crippen molar-refractivity contribution < 1.29 is 18.3 Å². The zero-order chi connectivity index (χ0) is 19.8. The van der Waals surface area contributed by atoms with E-state index in [2.05, 4.69) is 30.4 Å². The highest BCUT2D eigenvalue weighted by molar-refractivity contribution is 6.32. The Labute approximate surface area is 165 Å². The first-order valence-electron chi connectivity index (χ1n) is 9.12. The van der Waals surface area contributed by atoms with Crippen LogP contribution in [0.25, 0.3) is 0 Å². The van der Waals surface area contributed by atoms with Crippen molar-refractivity contribution in [1.29, 1.82) is 0 Å². The molecule has 0 radical (unpaired) electrons. The van der Waals surface area contributed by atoms with E-state index < -0.39 is 12.7 Å². The summed E-state index contributed by atoms with van der Waals surface area (Å²) in [5, 5.41) is 11.4. The molecule has 2 N–H and O–H groups in total. The van der Waals surface area contributed by atoms with Crippen LogP contribution >= 0.6 is 11.6 Å². The third-order valence-corrected chi connectivity index (χ3v) is 5.26. The molecule has 28 heavy (non-hydrogen) atoms. The lowest BCUT2D eigenvalue weighted by molar-refractivity contribution is -0.189. The first kappa shape index (κ1) is 19.1. The minimum absolute atomic E-state index is 0.0168. The molecule has 3 heterocycles. The van der Waals surface area contributed by atoms with E-state index in [9.17, 15) is 8.78 Å². The Bertz CT molecular complexity index is 858. The number of halogens is 3. The monoisotopic (exact) mass is 414 g/mol. The first-order chi connectivity index (χ1) is 13.4. The van der Waals surface area contributed by atoms with Crippen LogP contribution in [-0.2, 0) is 4.74 Å². The van der Waals surface area contributed by atoms with Gasteiger partial charge >= 0.3 is 6.61 Å². The van der Waals surface area contributed by atoms with Crippen LogP contribution in [0.3, 0.4) is 0 Å². The summed E-state index contributed by atoms with van der Waals surface area (Å²) in [6.45, 7) is 1.59. The van der Waals surface area contributed by atoms with Gasteiger partial charge in [-0.2, -0.15) is 13.8 Å². The van der Waals surface area contributed by atoms with E-state index in [1.165, 1.54) is 6.20 Å². The maximum atomic E-state index is 12.4. The molecule has 0 amide bonds. The van der Waals surface area contributed by atoms with E-state index in [4.69, 9.17) is 16.3 Å². The molecule has 1 saturated carbocycles. The van der Waals surface area contributed by atoms with Gasteiger partial charge < -0.3 is 20.1 Å². The van der Waals surface area contributed by atoms with Crippen LogP contribution < -0.4 is 15.4 Å². The normalized spacial score (nSPS) is 24.3. The number of ether oxygens (including phenoxy) is 2. The van der Waals surface area contributed by atoms with Crippen molar-refractivity contribution in [1.82, 2.24) is 19.7 Å². The molecular formula is C17H21ClF2N6O2. The van der Waals surface area contributed by atoms with Gasteiger partial charge in [-0.05, 0) is 26.7 Å². The van der Waals surface area contributed by atoms with E-state index in [1.807, 2.05) is 13.8 Å². The number of rotatable bonds is 3. The molecule has 1 aliphatic heterocycles. The molecule has 0 saturated heterocycles. The van der Waals surface area contributed by atoms with E-state index in [0.717, 1.165) is 12.1 Å². The summed E-state index contributed by atoms with van der Waals surface area (Å²) in [5.41, 5.74) is 1.47. The lowest BCUT2D eigenvalue weighted by Crippen LogP contribution is -2.35. The fraction of sp³-hybridized carbons (Fsp3) is 0.588. The van der Waals surface area contributed by atoms with Crippen molar-refractivity contribution in [2.24, 2.45) is 0 Å². The van der Waals surface area contributed by atoms with Gasteiger partial charge in [0, 0.05) is 12.5 Å². The minimum Gasteiger partial charge on any atom is -0.475 e. The number of fused-ring (bicyclic) bond motifs is 3. The second-order valence-corrected chi connectivity index (χ2v) is 7.46. The third kappa shape index (κ3) is 3.83. The number of nitrogens with one attached hydrogen (secondary N) is 2. The van der Waals surface area contributed by atoms with Gasteiger partial charge in [-0.3, -0.25) is 4.68 Å². The third-order valence-electron chi connectivity index (χ3n) is 4.98. The first-order valence-corrected chi connectivity index (χ1v) is 9.50. The molecular weight excluding hydrogens is 394 g/mol. The molecule has 152 valence electrons. The Balaban J connectivity index is 1.61. The maximum absolute atomic E-state index is 12.4. The second-order valence-electron chi connectivity index (χ2n) is 7.05. The average molecular weight is 415 g/mol. The Morgan fingerprint density at radius 3 is 2.93 bits per heavy atom. The van der Waals surface area contributed by atoms with Crippen LogP contribution in [0.2, 0.25) is 5.02 Å².